The number of rotatable bonds is 4. The van der Waals surface area contributed by atoms with Gasteiger partial charge in [0.1, 0.15) is 6.33 Å². The van der Waals surface area contributed by atoms with Crippen molar-refractivity contribution in [3.05, 3.63) is 54.6 Å². The molecule has 1 saturated heterocycles. The fourth-order valence-electron chi connectivity index (χ4n) is 3.21. The van der Waals surface area contributed by atoms with E-state index >= 15 is 0 Å². The summed E-state index contributed by atoms with van der Waals surface area (Å²) in [6, 6.07) is 11.0. The molecule has 0 saturated carbocycles. The maximum absolute atomic E-state index is 4.43. The highest BCUT2D eigenvalue weighted by atomic mass is 15.3. The molecular weight excluding hydrogens is 288 g/mol. The van der Waals surface area contributed by atoms with Crippen LogP contribution in [0.1, 0.15) is 18.4 Å². The number of likely N-dealkylation sites (tertiary alicyclic amines) is 1. The van der Waals surface area contributed by atoms with E-state index in [0.717, 1.165) is 37.5 Å². The molecular formula is C17H20N6. The zero-order valence-corrected chi connectivity index (χ0v) is 13.0. The minimum absolute atomic E-state index is 0.392. The molecule has 0 bridgehead atoms. The normalized spacial score (nSPS) is 19.0. The number of nitrogens with zero attached hydrogens (tertiary/aromatic N) is 5. The summed E-state index contributed by atoms with van der Waals surface area (Å²) in [5.41, 5.74) is 2.15. The highest BCUT2D eigenvalue weighted by Crippen LogP contribution is 2.18. The molecule has 1 aliphatic heterocycles. The average molecular weight is 308 g/mol. The SMILES string of the molecule is c1ccc(CN2CCC[C@@H](Nc3nccn4cnnc34)C2)cc1. The molecule has 118 valence electrons. The molecule has 1 aliphatic rings. The molecule has 0 unspecified atom stereocenters. The molecule has 0 radical (unpaired) electrons. The largest absolute Gasteiger partial charge is 0.363 e. The van der Waals surface area contributed by atoms with Gasteiger partial charge in [-0.1, -0.05) is 30.3 Å². The molecule has 3 heterocycles. The third-order valence-corrected chi connectivity index (χ3v) is 4.31. The first-order valence-corrected chi connectivity index (χ1v) is 8.06. The van der Waals surface area contributed by atoms with Gasteiger partial charge in [-0.3, -0.25) is 9.30 Å². The standard InChI is InChI=1S/C17H20N6/c1-2-5-14(6-3-1)11-22-9-4-7-15(12-22)20-16-17-21-19-13-23(17)10-8-18-16/h1-3,5-6,8,10,13,15H,4,7,9,11-12H2,(H,18,20)/t15-/m1/s1. The molecule has 23 heavy (non-hydrogen) atoms. The number of nitrogens with one attached hydrogen (secondary N) is 1. The highest BCUT2D eigenvalue weighted by Gasteiger charge is 2.21. The Morgan fingerprint density at radius 3 is 3.04 bits per heavy atom. The van der Waals surface area contributed by atoms with Crippen molar-refractivity contribution in [2.75, 3.05) is 18.4 Å². The predicted molar refractivity (Wildman–Crippen MR) is 89.1 cm³/mol. The minimum atomic E-state index is 0.392. The molecule has 0 aliphatic carbocycles. The summed E-state index contributed by atoms with van der Waals surface area (Å²) in [6.45, 7) is 3.17. The van der Waals surface area contributed by atoms with Crippen LogP contribution >= 0.6 is 0 Å². The van der Waals surface area contributed by atoms with Crippen LogP contribution < -0.4 is 5.32 Å². The van der Waals surface area contributed by atoms with Crippen molar-refractivity contribution >= 4 is 11.5 Å². The zero-order chi connectivity index (χ0) is 15.5. The van der Waals surface area contributed by atoms with Crippen molar-refractivity contribution in [3.63, 3.8) is 0 Å². The van der Waals surface area contributed by atoms with Crippen LogP contribution in [-0.2, 0) is 6.54 Å². The van der Waals surface area contributed by atoms with E-state index < -0.39 is 0 Å². The van der Waals surface area contributed by atoms with Gasteiger partial charge < -0.3 is 5.32 Å². The molecule has 3 aromatic rings. The molecule has 1 atom stereocenters. The van der Waals surface area contributed by atoms with Gasteiger partial charge in [-0.25, -0.2) is 4.98 Å². The second-order valence-electron chi connectivity index (χ2n) is 6.04. The number of piperidine rings is 1. The smallest absolute Gasteiger partial charge is 0.203 e. The summed E-state index contributed by atoms with van der Waals surface area (Å²) >= 11 is 0. The Kier molecular flexibility index (Phi) is 3.90. The summed E-state index contributed by atoms with van der Waals surface area (Å²) in [4.78, 5) is 6.93. The fraction of sp³-hybridized carbons (Fsp3) is 0.353. The maximum atomic E-state index is 4.43. The van der Waals surface area contributed by atoms with Crippen LogP contribution in [0, 0.1) is 0 Å². The summed E-state index contributed by atoms with van der Waals surface area (Å²) < 4.78 is 1.89. The predicted octanol–water partition coefficient (Wildman–Crippen LogP) is 2.20. The van der Waals surface area contributed by atoms with Gasteiger partial charge in [0.05, 0.1) is 0 Å². The van der Waals surface area contributed by atoms with Crippen LogP contribution in [-0.4, -0.2) is 43.6 Å². The molecule has 0 amide bonds. The molecule has 2 aromatic heterocycles. The van der Waals surface area contributed by atoms with Crippen molar-refractivity contribution in [1.29, 1.82) is 0 Å². The lowest BCUT2D eigenvalue weighted by atomic mass is 10.0. The lowest BCUT2D eigenvalue weighted by Crippen LogP contribution is -2.41. The third-order valence-electron chi connectivity index (χ3n) is 4.31. The number of aromatic nitrogens is 4. The molecule has 1 N–H and O–H groups in total. The summed E-state index contributed by atoms with van der Waals surface area (Å²) in [5, 5.41) is 11.6. The third kappa shape index (κ3) is 3.17. The Bertz CT molecular complexity index is 769. The van der Waals surface area contributed by atoms with E-state index in [4.69, 9.17) is 0 Å². The topological polar surface area (TPSA) is 58.4 Å². The Morgan fingerprint density at radius 1 is 1.22 bits per heavy atom. The van der Waals surface area contributed by atoms with E-state index in [-0.39, 0.29) is 0 Å². The Labute approximate surface area is 135 Å². The van der Waals surface area contributed by atoms with Crippen LogP contribution in [0.2, 0.25) is 0 Å². The van der Waals surface area contributed by atoms with Crippen LogP contribution in [0.5, 0.6) is 0 Å². The first-order valence-electron chi connectivity index (χ1n) is 8.06. The fourth-order valence-corrected chi connectivity index (χ4v) is 3.21. The zero-order valence-electron chi connectivity index (χ0n) is 13.0. The lowest BCUT2D eigenvalue weighted by Gasteiger charge is -2.33. The molecule has 6 heteroatoms. The molecule has 1 fully saturated rings. The van der Waals surface area contributed by atoms with E-state index in [1.165, 1.54) is 12.0 Å². The highest BCUT2D eigenvalue weighted by molar-refractivity contribution is 5.61. The second kappa shape index (κ2) is 6.34. The van der Waals surface area contributed by atoms with Gasteiger partial charge in [-0.05, 0) is 24.9 Å². The number of hydrogen-bond donors (Lipinski definition) is 1. The first kappa shape index (κ1) is 14.1. The minimum Gasteiger partial charge on any atom is -0.363 e. The van der Waals surface area contributed by atoms with Crippen LogP contribution in [0.3, 0.4) is 0 Å². The monoisotopic (exact) mass is 308 g/mol. The number of fused-ring (bicyclic) bond motifs is 1. The van der Waals surface area contributed by atoms with Crippen molar-refractivity contribution in [2.24, 2.45) is 0 Å². The van der Waals surface area contributed by atoms with Crippen molar-refractivity contribution in [2.45, 2.75) is 25.4 Å². The average Bonchev–Trinajstić information content (AvgIpc) is 3.06. The van der Waals surface area contributed by atoms with Crippen molar-refractivity contribution < 1.29 is 0 Å². The first-order chi connectivity index (χ1) is 11.4. The van der Waals surface area contributed by atoms with Crippen LogP contribution in [0.25, 0.3) is 5.65 Å². The van der Waals surface area contributed by atoms with E-state index in [1.54, 1.807) is 12.5 Å². The maximum Gasteiger partial charge on any atom is 0.203 e. The van der Waals surface area contributed by atoms with Gasteiger partial charge in [0.2, 0.25) is 5.65 Å². The number of hydrogen-bond acceptors (Lipinski definition) is 5. The van der Waals surface area contributed by atoms with Gasteiger partial charge in [0.15, 0.2) is 5.82 Å². The lowest BCUT2D eigenvalue weighted by molar-refractivity contribution is 0.208. The van der Waals surface area contributed by atoms with Crippen molar-refractivity contribution in [1.82, 2.24) is 24.5 Å². The summed E-state index contributed by atoms with van der Waals surface area (Å²) in [6.07, 6.45) is 7.69. The van der Waals surface area contributed by atoms with Crippen LogP contribution in [0.15, 0.2) is 49.1 Å². The second-order valence-corrected chi connectivity index (χ2v) is 6.04. The van der Waals surface area contributed by atoms with Gasteiger partial charge in [0, 0.05) is 31.5 Å². The Hall–Kier alpha value is -2.47. The van der Waals surface area contributed by atoms with Crippen molar-refractivity contribution in [3.8, 4) is 0 Å². The molecule has 6 nitrogen and oxygen atoms in total. The number of benzene rings is 1. The van der Waals surface area contributed by atoms with Gasteiger partial charge in [-0.15, -0.1) is 10.2 Å². The summed E-state index contributed by atoms with van der Waals surface area (Å²) in [5.74, 6) is 0.816. The van der Waals surface area contributed by atoms with Gasteiger partial charge in [-0.2, -0.15) is 0 Å². The van der Waals surface area contributed by atoms with E-state index in [0.29, 0.717) is 6.04 Å². The molecule has 0 spiro atoms. The van der Waals surface area contributed by atoms with E-state index in [1.807, 2.05) is 10.6 Å². The van der Waals surface area contributed by atoms with Gasteiger partial charge in [0.25, 0.3) is 0 Å². The molecule has 1 aromatic carbocycles. The Morgan fingerprint density at radius 2 is 2.13 bits per heavy atom. The van der Waals surface area contributed by atoms with E-state index in [2.05, 4.69) is 55.7 Å². The number of anilines is 1. The quantitative estimate of drug-likeness (QED) is 0.801. The van der Waals surface area contributed by atoms with Gasteiger partial charge >= 0.3 is 0 Å². The Balaban J connectivity index is 1.44. The molecule has 4 rings (SSSR count). The van der Waals surface area contributed by atoms with E-state index in [9.17, 15) is 0 Å². The summed E-state index contributed by atoms with van der Waals surface area (Å²) in [7, 11) is 0. The van der Waals surface area contributed by atoms with Crippen LogP contribution in [0.4, 0.5) is 5.82 Å².